The second kappa shape index (κ2) is 7.58. The number of rotatable bonds is 6. The number of methoxy groups -OCH3 is 1. The fourth-order valence-corrected chi connectivity index (χ4v) is 1.89. The minimum atomic E-state index is -0.649. The van der Waals surface area contributed by atoms with Crippen LogP contribution in [0.5, 0.6) is 0 Å². The molecule has 114 valence electrons. The summed E-state index contributed by atoms with van der Waals surface area (Å²) >= 11 is 5.70. The van der Waals surface area contributed by atoms with E-state index in [9.17, 15) is 19.7 Å². The maximum absolute atomic E-state index is 12.3. The van der Waals surface area contributed by atoms with E-state index in [1.54, 1.807) is 6.92 Å². The molecule has 0 saturated heterocycles. The van der Waals surface area contributed by atoms with Crippen molar-refractivity contribution in [1.82, 2.24) is 4.90 Å². The summed E-state index contributed by atoms with van der Waals surface area (Å²) in [6.45, 7) is 2.30. The van der Waals surface area contributed by atoms with E-state index >= 15 is 0 Å². The zero-order valence-corrected chi connectivity index (χ0v) is 12.4. The van der Waals surface area contributed by atoms with Crippen LogP contribution in [-0.4, -0.2) is 41.9 Å². The van der Waals surface area contributed by atoms with Crippen LogP contribution in [0.3, 0.4) is 0 Å². The third-order valence-corrected chi connectivity index (χ3v) is 3.19. The van der Waals surface area contributed by atoms with Gasteiger partial charge in [0.25, 0.3) is 11.6 Å². The van der Waals surface area contributed by atoms with Crippen LogP contribution in [0.1, 0.15) is 23.7 Å². The molecule has 0 radical (unpaired) electrons. The molecule has 21 heavy (non-hydrogen) atoms. The summed E-state index contributed by atoms with van der Waals surface area (Å²) in [7, 11) is 1.27. The summed E-state index contributed by atoms with van der Waals surface area (Å²) in [5.41, 5.74) is -0.177. The summed E-state index contributed by atoms with van der Waals surface area (Å²) in [6, 6.07) is 3.85. The van der Waals surface area contributed by atoms with Crippen LogP contribution >= 0.6 is 11.6 Å². The highest BCUT2D eigenvalue weighted by Crippen LogP contribution is 2.25. The molecule has 0 saturated carbocycles. The Morgan fingerprint density at radius 2 is 2.10 bits per heavy atom. The van der Waals surface area contributed by atoms with E-state index in [0.717, 1.165) is 6.07 Å². The van der Waals surface area contributed by atoms with E-state index in [0.29, 0.717) is 6.54 Å². The molecule has 0 fully saturated rings. The Bertz CT molecular complexity index is 561. The summed E-state index contributed by atoms with van der Waals surface area (Å²) in [4.78, 5) is 35.0. The van der Waals surface area contributed by atoms with E-state index in [1.807, 2.05) is 0 Å². The fourth-order valence-electron chi connectivity index (χ4n) is 1.70. The van der Waals surface area contributed by atoms with Crippen molar-refractivity contribution in [2.45, 2.75) is 13.3 Å². The highest BCUT2D eigenvalue weighted by atomic mass is 35.5. The van der Waals surface area contributed by atoms with Gasteiger partial charge in [-0.2, -0.15) is 0 Å². The number of nitro benzene ring substituents is 1. The zero-order chi connectivity index (χ0) is 16.0. The van der Waals surface area contributed by atoms with Crippen molar-refractivity contribution in [3.8, 4) is 0 Å². The van der Waals surface area contributed by atoms with Crippen molar-refractivity contribution < 1.29 is 19.2 Å². The van der Waals surface area contributed by atoms with Crippen molar-refractivity contribution >= 4 is 29.2 Å². The number of amides is 1. The number of nitrogens with zero attached hydrogens (tertiary/aromatic N) is 2. The van der Waals surface area contributed by atoms with Gasteiger partial charge in [-0.15, -0.1) is 0 Å². The van der Waals surface area contributed by atoms with Crippen molar-refractivity contribution in [2.24, 2.45) is 0 Å². The number of benzene rings is 1. The molecule has 1 amide bonds. The molecule has 0 atom stereocenters. The lowest BCUT2D eigenvalue weighted by molar-refractivity contribution is -0.384. The lowest BCUT2D eigenvalue weighted by Crippen LogP contribution is -2.33. The van der Waals surface area contributed by atoms with Gasteiger partial charge in [-0.3, -0.25) is 19.7 Å². The lowest BCUT2D eigenvalue weighted by atomic mass is 10.1. The van der Waals surface area contributed by atoms with Crippen molar-refractivity contribution in [1.29, 1.82) is 0 Å². The van der Waals surface area contributed by atoms with Gasteiger partial charge >= 0.3 is 5.97 Å². The first-order chi connectivity index (χ1) is 9.90. The number of ether oxygens (including phenoxy) is 1. The maximum Gasteiger partial charge on any atom is 0.307 e. The van der Waals surface area contributed by atoms with Gasteiger partial charge in [0.1, 0.15) is 5.02 Å². The van der Waals surface area contributed by atoms with Gasteiger partial charge in [-0.1, -0.05) is 11.6 Å². The van der Waals surface area contributed by atoms with Crippen molar-refractivity contribution in [2.75, 3.05) is 20.2 Å². The van der Waals surface area contributed by atoms with E-state index < -0.39 is 16.8 Å². The van der Waals surface area contributed by atoms with Crippen LogP contribution in [0.4, 0.5) is 5.69 Å². The van der Waals surface area contributed by atoms with Crippen molar-refractivity contribution in [3.63, 3.8) is 0 Å². The van der Waals surface area contributed by atoms with Crippen LogP contribution in [0.25, 0.3) is 0 Å². The number of halogens is 1. The fraction of sp³-hybridized carbons (Fsp3) is 0.385. The van der Waals surface area contributed by atoms with Gasteiger partial charge in [-0.05, 0) is 19.1 Å². The van der Waals surface area contributed by atoms with E-state index in [-0.39, 0.29) is 29.2 Å². The number of nitro groups is 1. The molecule has 0 N–H and O–H groups in total. The predicted octanol–water partition coefficient (Wildman–Crippen LogP) is 2.27. The average molecular weight is 315 g/mol. The molecule has 8 heteroatoms. The minimum Gasteiger partial charge on any atom is -0.469 e. The monoisotopic (exact) mass is 314 g/mol. The third kappa shape index (κ3) is 4.42. The van der Waals surface area contributed by atoms with Gasteiger partial charge in [0, 0.05) is 24.7 Å². The first-order valence-electron chi connectivity index (χ1n) is 6.20. The Kier molecular flexibility index (Phi) is 6.10. The van der Waals surface area contributed by atoms with E-state index in [1.165, 1.54) is 24.1 Å². The van der Waals surface area contributed by atoms with Gasteiger partial charge in [0.15, 0.2) is 0 Å². The Morgan fingerprint density at radius 1 is 1.43 bits per heavy atom. The van der Waals surface area contributed by atoms with Crippen molar-refractivity contribution in [3.05, 3.63) is 38.9 Å². The average Bonchev–Trinajstić information content (AvgIpc) is 2.47. The molecule has 1 rings (SSSR count). The zero-order valence-electron chi connectivity index (χ0n) is 11.7. The van der Waals surface area contributed by atoms with Crippen LogP contribution < -0.4 is 0 Å². The molecule has 0 unspecified atom stereocenters. The predicted molar refractivity (Wildman–Crippen MR) is 76.3 cm³/mol. The highest BCUT2D eigenvalue weighted by Gasteiger charge is 2.20. The largest absolute Gasteiger partial charge is 0.469 e. The molecule has 1 aromatic carbocycles. The molecule has 0 spiro atoms. The second-order valence-electron chi connectivity index (χ2n) is 4.13. The summed E-state index contributed by atoms with van der Waals surface area (Å²) < 4.78 is 4.51. The number of esters is 1. The first-order valence-corrected chi connectivity index (χ1v) is 6.58. The molecule has 0 aliphatic rings. The quantitative estimate of drug-likeness (QED) is 0.456. The van der Waals surface area contributed by atoms with Gasteiger partial charge < -0.3 is 9.64 Å². The molecule has 1 aromatic rings. The summed E-state index contributed by atoms with van der Waals surface area (Å²) in [6.07, 6.45) is 0.0613. The van der Waals surface area contributed by atoms with E-state index in [4.69, 9.17) is 11.6 Å². The summed E-state index contributed by atoms with van der Waals surface area (Å²) in [5, 5.41) is 10.8. The highest BCUT2D eigenvalue weighted by molar-refractivity contribution is 6.32. The molecular formula is C13H15ClN2O5. The molecule has 0 heterocycles. The Morgan fingerprint density at radius 3 is 2.62 bits per heavy atom. The molecule has 0 aliphatic heterocycles. The Hall–Kier alpha value is -2.15. The van der Waals surface area contributed by atoms with E-state index in [2.05, 4.69) is 4.74 Å². The van der Waals surface area contributed by atoms with Gasteiger partial charge in [0.05, 0.1) is 18.5 Å². The SMILES string of the molecule is CCN(CCC(=O)OC)C(=O)c1ccc(Cl)c([N+](=O)[O-])c1. The molecule has 0 aromatic heterocycles. The van der Waals surface area contributed by atoms with Crippen LogP contribution in [-0.2, 0) is 9.53 Å². The van der Waals surface area contributed by atoms with Gasteiger partial charge in [0.2, 0.25) is 0 Å². The standard InChI is InChI=1S/C13H15ClN2O5/c1-3-15(7-6-12(17)21-2)13(18)9-4-5-10(14)11(8-9)16(19)20/h4-5,8H,3,6-7H2,1-2H3. The Labute approximate surface area is 126 Å². The smallest absolute Gasteiger partial charge is 0.307 e. The second-order valence-corrected chi connectivity index (χ2v) is 4.54. The lowest BCUT2D eigenvalue weighted by Gasteiger charge is -2.20. The number of hydrogen-bond donors (Lipinski definition) is 0. The van der Waals surface area contributed by atoms with Gasteiger partial charge in [-0.25, -0.2) is 0 Å². The van der Waals surface area contributed by atoms with Crippen LogP contribution in [0.15, 0.2) is 18.2 Å². The summed E-state index contributed by atoms with van der Waals surface area (Å²) in [5.74, 6) is -0.829. The normalized spacial score (nSPS) is 10.0. The first kappa shape index (κ1) is 16.9. The minimum absolute atomic E-state index is 0.0332. The Balaban J connectivity index is 2.92. The van der Waals surface area contributed by atoms with Crippen LogP contribution in [0, 0.1) is 10.1 Å². The topological polar surface area (TPSA) is 89.8 Å². The van der Waals surface area contributed by atoms with Crippen LogP contribution in [0.2, 0.25) is 5.02 Å². The molecule has 0 bridgehead atoms. The number of hydrogen-bond acceptors (Lipinski definition) is 5. The number of carbonyl (C=O) groups is 2. The molecular weight excluding hydrogens is 300 g/mol. The third-order valence-electron chi connectivity index (χ3n) is 2.87. The molecule has 0 aliphatic carbocycles. The number of carbonyl (C=O) groups excluding carboxylic acids is 2. The maximum atomic E-state index is 12.3. The molecule has 7 nitrogen and oxygen atoms in total.